The number of nitrogens with one attached hydrogen (secondary N) is 2. The van der Waals surface area contributed by atoms with Crippen molar-refractivity contribution in [2.24, 2.45) is 0 Å². The second kappa shape index (κ2) is 8.06. The average molecular weight is 429 g/mol. The maximum absolute atomic E-state index is 5.30. The number of rotatable bonds is 5. The lowest BCUT2D eigenvalue weighted by Crippen LogP contribution is -2.32. The van der Waals surface area contributed by atoms with E-state index in [1.54, 1.807) is 7.11 Å². The molecular formula is C25H28N6O. The minimum Gasteiger partial charge on any atom is -0.497 e. The van der Waals surface area contributed by atoms with Crippen molar-refractivity contribution in [2.75, 3.05) is 25.5 Å². The fourth-order valence-electron chi connectivity index (χ4n) is 4.58. The van der Waals surface area contributed by atoms with Crippen molar-refractivity contribution in [1.82, 2.24) is 24.9 Å². The van der Waals surface area contributed by atoms with Crippen molar-refractivity contribution in [1.29, 1.82) is 0 Å². The molecule has 0 unspecified atom stereocenters. The zero-order chi connectivity index (χ0) is 21.5. The van der Waals surface area contributed by atoms with Gasteiger partial charge < -0.3 is 15.4 Å². The maximum Gasteiger partial charge on any atom is 0.226 e. The SMILES string of the molecule is COc1ccc(-c2nc3c4ccc(C5CC5)cc4nc(N[C@@H]4CCCCNC4)n3n2)cc1. The molecule has 2 aromatic carbocycles. The zero-order valence-electron chi connectivity index (χ0n) is 18.3. The third kappa shape index (κ3) is 3.66. The van der Waals surface area contributed by atoms with Crippen molar-refractivity contribution in [3.8, 4) is 17.1 Å². The first-order chi connectivity index (χ1) is 15.8. The first-order valence-electron chi connectivity index (χ1n) is 11.6. The van der Waals surface area contributed by atoms with Crippen LogP contribution in [0.3, 0.4) is 0 Å². The predicted molar refractivity (Wildman–Crippen MR) is 126 cm³/mol. The van der Waals surface area contributed by atoms with Crippen LogP contribution in [0.1, 0.15) is 43.6 Å². The average Bonchev–Trinajstić information content (AvgIpc) is 3.62. The summed E-state index contributed by atoms with van der Waals surface area (Å²) in [5.74, 6) is 2.96. The van der Waals surface area contributed by atoms with Gasteiger partial charge in [0.2, 0.25) is 5.95 Å². The summed E-state index contributed by atoms with van der Waals surface area (Å²) in [6.45, 7) is 2.01. The van der Waals surface area contributed by atoms with Gasteiger partial charge in [-0.05, 0) is 80.1 Å². The number of hydrogen-bond donors (Lipinski definition) is 2. The number of ether oxygens (including phenoxy) is 1. The van der Waals surface area contributed by atoms with Gasteiger partial charge in [-0.2, -0.15) is 4.52 Å². The van der Waals surface area contributed by atoms with E-state index < -0.39 is 0 Å². The predicted octanol–water partition coefficient (Wildman–Crippen LogP) is 4.38. The van der Waals surface area contributed by atoms with Crippen LogP contribution in [-0.4, -0.2) is 45.8 Å². The Balaban J connectivity index is 1.47. The highest BCUT2D eigenvalue weighted by Crippen LogP contribution is 2.41. The van der Waals surface area contributed by atoms with Crippen molar-refractivity contribution >= 4 is 22.5 Å². The van der Waals surface area contributed by atoms with Crippen molar-refractivity contribution < 1.29 is 4.74 Å². The first-order valence-corrected chi connectivity index (χ1v) is 11.6. The van der Waals surface area contributed by atoms with Crippen LogP contribution in [0.4, 0.5) is 5.95 Å². The lowest BCUT2D eigenvalue weighted by molar-refractivity contribution is 0.415. The van der Waals surface area contributed by atoms with Gasteiger partial charge >= 0.3 is 0 Å². The van der Waals surface area contributed by atoms with Gasteiger partial charge in [-0.1, -0.05) is 12.5 Å². The molecule has 2 aromatic heterocycles. The quantitative estimate of drug-likeness (QED) is 0.491. The molecular weight excluding hydrogens is 400 g/mol. The van der Waals surface area contributed by atoms with Crippen molar-refractivity contribution in [3.05, 3.63) is 48.0 Å². The molecule has 1 aliphatic heterocycles. The van der Waals surface area contributed by atoms with Crippen LogP contribution in [0.5, 0.6) is 5.75 Å². The molecule has 4 aromatic rings. The summed E-state index contributed by atoms with van der Waals surface area (Å²) in [6, 6.07) is 14.8. The third-order valence-electron chi connectivity index (χ3n) is 6.57. The fraction of sp³-hybridized carbons (Fsp3) is 0.400. The molecule has 1 aliphatic carbocycles. The van der Waals surface area contributed by atoms with Crippen LogP contribution in [0.2, 0.25) is 0 Å². The molecule has 32 heavy (non-hydrogen) atoms. The fourth-order valence-corrected chi connectivity index (χ4v) is 4.58. The molecule has 1 saturated heterocycles. The normalized spacial score (nSPS) is 19.2. The summed E-state index contributed by atoms with van der Waals surface area (Å²) < 4.78 is 7.18. The second-order valence-electron chi connectivity index (χ2n) is 8.93. The van der Waals surface area contributed by atoms with Crippen LogP contribution in [-0.2, 0) is 0 Å². The van der Waals surface area contributed by atoms with Gasteiger partial charge in [0, 0.05) is 23.5 Å². The van der Waals surface area contributed by atoms with Gasteiger partial charge in [-0.15, -0.1) is 5.10 Å². The van der Waals surface area contributed by atoms with Crippen LogP contribution in [0.25, 0.3) is 27.9 Å². The standard InChI is InChI=1S/C25H28N6O/c1-32-20-10-7-17(8-11-20)23-29-24-21-12-9-18(16-5-6-16)14-22(21)28-25(31(24)30-23)27-19-4-2-3-13-26-15-19/h7-12,14,16,19,26H,2-6,13,15H2,1H3,(H,27,28)/t19-/m1/s1. The summed E-state index contributed by atoms with van der Waals surface area (Å²) in [5, 5.41) is 13.1. The zero-order valence-corrected chi connectivity index (χ0v) is 18.3. The molecule has 2 aliphatic rings. The summed E-state index contributed by atoms with van der Waals surface area (Å²) in [7, 11) is 1.67. The van der Waals surface area contributed by atoms with E-state index in [0.717, 1.165) is 53.3 Å². The molecule has 0 amide bonds. The van der Waals surface area contributed by atoms with Crippen molar-refractivity contribution in [2.45, 2.75) is 44.1 Å². The molecule has 6 rings (SSSR count). The van der Waals surface area contributed by atoms with Gasteiger partial charge in [-0.25, -0.2) is 9.97 Å². The van der Waals surface area contributed by atoms with Crippen molar-refractivity contribution in [3.63, 3.8) is 0 Å². The number of benzene rings is 2. The van der Waals surface area contributed by atoms with E-state index in [-0.39, 0.29) is 0 Å². The van der Waals surface area contributed by atoms with E-state index >= 15 is 0 Å². The number of fused-ring (bicyclic) bond motifs is 3. The minimum atomic E-state index is 0.325. The molecule has 2 N–H and O–H groups in total. The topological polar surface area (TPSA) is 76.4 Å². The summed E-state index contributed by atoms with van der Waals surface area (Å²) in [4.78, 5) is 9.98. The van der Waals surface area contributed by atoms with Gasteiger partial charge in [0.15, 0.2) is 11.5 Å². The van der Waals surface area contributed by atoms with E-state index in [2.05, 4.69) is 28.8 Å². The number of hydrogen-bond acceptors (Lipinski definition) is 6. The van der Waals surface area contributed by atoms with Gasteiger partial charge in [0.05, 0.1) is 12.6 Å². The summed E-state index contributed by atoms with van der Waals surface area (Å²) in [6.07, 6.45) is 6.10. The Morgan fingerprint density at radius 2 is 1.91 bits per heavy atom. The van der Waals surface area contributed by atoms with Gasteiger partial charge in [0.1, 0.15) is 5.75 Å². The Kier molecular flexibility index (Phi) is 4.91. The monoisotopic (exact) mass is 428 g/mol. The molecule has 0 bridgehead atoms. The van der Waals surface area contributed by atoms with E-state index in [1.807, 2.05) is 28.8 Å². The molecule has 0 radical (unpaired) electrons. The smallest absolute Gasteiger partial charge is 0.226 e. The Morgan fingerprint density at radius 1 is 1.03 bits per heavy atom. The van der Waals surface area contributed by atoms with E-state index in [0.29, 0.717) is 17.8 Å². The largest absolute Gasteiger partial charge is 0.497 e. The second-order valence-corrected chi connectivity index (χ2v) is 8.93. The Morgan fingerprint density at radius 3 is 2.72 bits per heavy atom. The first kappa shape index (κ1) is 19.5. The number of nitrogens with zero attached hydrogens (tertiary/aromatic N) is 4. The van der Waals surface area contributed by atoms with Crippen LogP contribution < -0.4 is 15.4 Å². The highest BCUT2D eigenvalue weighted by molar-refractivity contribution is 5.93. The molecule has 164 valence electrons. The third-order valence-corrected chi connectivity index (χ3v) is 6.57. The van der Waals surface area contributed by atoms with E-state index in [9.17, 15) is 0 Å². The van der Waals surface area contributed by atoms with Gasteiger partial charge in [0.25, 0.3) is 0 Å². The molecule has 3 heterocycles. The number of methoxy groups -OCH3 is 1. The lowest BCUT2D eigenvalue weighted by atomic mass is 10.1. The van der Waals surface area contributed by atoms with Crippen LogP contribution >= 0.6 is 0 Å². The number of anilines is 1. The minimum absolute atomic E-state index is 0.325. The highest BCUT2D eigenvalue weighted by atomic mass is 16.5. The molecule has 2 fully saturated rings. The lowest BCUT2D eigenvalue weighted by Gasteiger charge is -2.18. The molecule has 7 nitrogen and oxygen atoms in total. The Bertz CT molecular complexity index is 1250. The summed E-state index contributed by atoms with van der Waals surface area (Å²) >= 11 is 0. The Hall–Kier alpha value is -3.19. The Labute approximate surface area is 187 Å². The number of aromatic nitrogens is 4. The molecule has 1 atom stereocenters. The van der Waals surface area contributed by atoms with Gasteiger partial charge in [-0.3, -0.25) is 0 Å². The van der Waals surface area contributed by atoms with E-state index in [1.165, 1.54) is 31.2 Å². The molecule has 7 heteroatoms. The highest BCUT2D eigenvalue weighted by Gasteiger charge is 2.25. The summed E-state index contributed by atoms with van der Waals surface area (Å²) in [5.41, 5.74) is 4.16. The van der Waals surface area contributed by atoms with E-state index in [4.69, 9.17) is 19.8 Å². The van der Waals surface area contributed by atoms with Crippen LogP contribution in [0.15, 0.2) is 42.5 Å². The van der Waals surface area contributed by atoms with Crippen LogP contribution in [0, 0.1) is 0 Å². The molecule has 0 spiro atoms. The molecule has 1 saturated carbocycles. The maximum atomic E-state index is 5.30.